The second-order valence-electron chi connectivity index (χ2n) is 5.89. The van der Waals surface area contributed by atoms with Gasteiger partial charge in [0, 0.05) is 0 Å². The summed E-state index contributed by atoms with van der Waals surface area (Å²) < 4.78 is 10.4. The Kier molecular flexibility index (Phi) is 7.42. The molecule has 0 aliphatic carbocycles. The number of aryl methyl sites for hydroxylation is 1. The summed E-state index contributed by atoms with van der Waals surface area (Å²) in [6, 6.07) is 17.5. The van der Waals surface area contributed by atoms with Gasteiger partial charge >= 0.3 is 5.97 Å². The van der Waals surface area contributed by atoms with Crippen LogP contribution >= 0.6 is 0 Å². The van der Waals surface area contributed by atoms with Gasteiger partial charge in [0.25, 0.3) is 0 Å². The lowest BCUT2D eigenvalue weighted by molar-refractivity contribution is 0.0734. The van der Waals surface area contributed by atoms with Gasteiger partial charge in [-0.1, -0.05) is 12.1 Å². The largest absolute Gasteiger partial charge is 0.508 e. The van der Waals surface area contributed by atoms with Crippen LogP contribution in [0.1, 0.15) is 21.5 Å². The highest BCUT2D eigenvalue weighted by molar-refractivity contribution is 5.91. The van der Waals surface area contributed by atoms with Gasteiger partial charge in [0.1, 0.15) is 23.0 Å². The molecule has 0 aromatic heterocycles. The molecule has 0 aliphatic rings. The zero-order valence-electron chi connectivity index (χ0n) is 15.6. The van der Waals surface area contributed by atoms with E-state index in [0.29, 0.717) is 11.3 Å². The minimum atomic E-state index is -0.468. The molecule has 0 aliphatic heterocycles. The maximum Gasteiger partial charge on any atom is 0.343 e. The highest BCUT2D eigenvalue weighted by Crippen LogP contribution is 2.23. The number of aliphatic hydroxyl groups is 1. The van der Waals surface area contributed by atoms with Crippen LogP contribution in [0.2, 0.25) is 0 Å². The van der Waals surface area contributed by atoms with Crippen LogP contribution in [0.25, 0.3) is 0 Å². The Morgan fingerprint density at radius 2 is 1.46 bits per heavy atom. The van der Waals surface area contributed by atoms with Crippen molar-refractivity contribution in [2.24, 2.45) is 0 Å². The summed E-state index contributed by atoms with van der Waals surface area (Å²) in [7, 11) is 1.59. The Morgan fingerprint density at radius 1 is 0.893 bits per heavy atom. The number of carbonyl (C=O) groups excluding carboxylic acids is 1. The van der Waals surface area contributed by atoms with Crippen molar-refractivity contribution in [3.63, 3.8) is 0 Å². The molecule has 0 spiro atoms. The number of carbonyl (C=O) groups is 1. The molecule has 146 valence electrons. The van der Waals surface area contributed by atoms with E-state index in [4.69, 9.17) is 24.8 Å². The standard InChI is InChI=1S/C15H14O4.C7H8O2/c1-10-9-13(7-8-14(10)18-2)19-15(17)11-3-5-12(16)6-4-11;8-5-6-1-3-7(9)4-2-6/h3-9,16H,1-2H3;1-4,8-9H,5H2. The lowest BCUT2D eigenvalue weighted by atomic mass is 10.2. The summed E-state index contributed by atoms with van der Waals surface area (Å²) in [4.78, 5) is 11.9. The zero-order chi connectivity index (χ0) is 20.5. The van der Waals surface area contributed by atoms with E-state index in [1.807, 2.05) is 6.92 Å². The second kappa shape index (κ2) is 9.99. The van der Waals surface area contributed by atoms with Crippen LogP contribution in [0, 0.1) is 6.92 Å². The van der Waals surface area contributed by atoms with E-state index in [0.717, 1.165) is 16.9 Å². The van der Waals surface area contributed by atoms with Gasteiger partial charge in [0.05, 0.1) is 19.3 Å². The van der Waals surface area contributed by atoms with E-state index in [2.05, 4.69) is 0 Å². The molecule has 0 fully saturated rings. The van der Waals surface area contributed by atoms with E-state index in [-0.39, 0.29) is 18.1 Å². The predicted octanol–water partition coefficient (Wildman–Crippen LogP) is 3.81. The lowest BCUT2D eigenvalue weighted by Crippen LogP contribution is -2.08. The van der Waals surface area contributed by atoms with Crippen LogP contribution in [0.15, 0.2) is 66.7 Å². The number of methoxy groups -OCH3 is 1. The summed E-state index contributed by atoms with van der Waals surface area (Å²) in [6.07, 6.45) is 0. The summed E-state index contributed by atoms with van der Waals surface area (Å²) in [6.45, 7) is 1.90. The Hall–Kier alpha value is -3.51. The number of phenolic OH excluding ortho intramolecular Hbond substituents is 2. The van der Waals surface area contributed by atoms with Crippen molar-refractivity contribution < 1.29 is 29.6 Å². The number of hydrogen-bond acceptors (Lipinski definition) is 6. The number of phenols is 2. The predicted molar refractivity (Wildman–Crippen MR) is 105 cm³/mol. The molecular weight excluding hydrogens is 360 g/mol. The van der Waals surface area contributed by atoms with Crippen molar-refractivity contribution in [1.29, 1.82) is 0 Å². The SMILES string of the molecule is COc1ccc(OC(=O)c2ccc(O)cc2)cc1C.OCc1ccc(O)cc1. The van der Waals surface area contributed by atoms with E-state index < -0.39 is 5.97 Å². The number of rotatable bonds is 4. The van der Waals surface area contributed by atoms with Gasteiger partial charge in [-0.3, -0.25) is 0 Å². The molecule has 0 heterocycles. The summed E-state index contributed by atoms with van der Waals surface area (Å²) >= 11 is 0. The fourth-order valence-electron chi connectivity index (χ4n) is 2.28. The van der Waals surface area contributed by atoms with Crippen molar-refractivity contribution in [2.45, 2.75) is 13.5 Å². The van der Waals surface area contributed by atoms with Crippen LogP contribution in [-0.2, 0) is 6.61 Å². The average Bonchev–Trinajstić information content (AvgIpc) is 2.70. The molecule has 0 saturated heterocycles. The summed E-state index contributed by atoms with van der Waals surface area (Å²) in [5, 5.41) is 26.5. The molecule has 0 amide bonds. The third kappa shape index (κ3) is 6.03. The summed E-state index contributed by atoms with van der Waals surface area (Å²) in [5.41, 5.74) is 2.08. The summed E-state index contributed by atoms with van der Waals surface area (Å²) in [5.74, 6) is 1.06. The molecule has 6 nitrogen and oxygen atoms in total. The third-order valence-electron chi connectivity index (χ3n) is 3.80. The number of aliphatic hydroxyl groups excluding tert-OH is 1. The number of aromatic hydroxyl groups is 2. The maximum atomic E-state index is 11.9. The third-order valence-corrected chi connectivity index (χ3v) is 3.80. The Labute approximate surface area is 163 Å². The molecule has 0 bridgehead atoms. The average molecular weight is 382 g/mol. The zero-order valence-corrected chi connectivity index (χ0v) is 15.6. The fraction of sp³-hybridized carbons (Fsp3) is 0.136. The molecule has 0 radical (unpaired) electrons. The van der Waals surface area contributed by atoms with Gasteiger partial charge in [-0.05, 0) is 72.6 Å². The fourth-order valence-corrected chi connectivity index (χ4v) is 2.28. The van der Waals surface area contributed by atoms with Crippen LogP contribution in [0.5, 0.6) is 23.0 Å². The Morgan fingerprint density at radius 3 is 1.96 bits per heavy atom. The number of esters is 1. The normalized spacial score (nSPS) is 9.82. The first-order valence-corrected chi connectivity index (χ1v) is 8.47. The van der Waals surface area contributed by atoms with Gasteiger partial charge in [-0.25, -0.2) is 4.79 Å². The van der Waals surface area contributed by atoms with Crippen LogP contribution in [-0.4, -0.2) is 28.4 Å². The first-order chi connectivity index (χ1) is 13.4. The molecule has 6 heteroatoms. The molecule has 0 unspecified atom stereocenters. The van der Waals surface area contributed by atoms with E-state index in [1.54, 1.807) is 49.6 Å². The smallest absolute Gasteiger partial charge is 0.343 e. The Balaban J connectivity index is 0.000000261. The molecule has 28 heavy (non-hydrogen) atoms. The van der Waals surface area contributed by atoms with Gasteiger partial charge in [0.2, 0.25) is 0 Å². The van der Waals surface area contributed by atoms with Crippen molar-refractivity contribution in [2.75, 3.05) is 7.11 Å². The van der Waals surface area contributed by atoms with Gasteiger partial charge in [-0.2, -0.15) is 0 Å². The van der Waals surface area contributed by atoms with E-state index in [1.165, 1.54) is 24.3 Å². The van der Waals surface area contributed by atoms with Gasteiger partial charge in [-0.15, -0.1) is 0 Å². The molecular formula is C22H22O6. The molecule has 3 N–H and O–H groups in total. The number of benzene rings is 3. The molecule has 3 aromatic rings. The minimum Gasteiger partial charge on any atom is -0.508 e. The molecule has 0 atom stereocenters. The van der Waals surface area contributed by atoms with Crippen molar-refractivity contribution >= 4 is 5.97 Å². The number of hydrogen-bond donors (Lipinski definition) is 3. The molecule has 3 rings (SSSR count). The molecule has 3 aromatic carbocycles. The minimum absolute atomic E-state index is 0.0281. The highest BCUT2D eigenvalue weighted by Gasteiger charge is 2.09. The van der Waals surface area contributed by atoms with Crippen molar-refractivity contribution in [3.8, 4) is 23.0 Å². The molecule has 0 saturated carbocycles. The van der Waals surface area contributed by atoms with Crippen molar-refractivity contribution in [3.05, 3.63) is 83.4 Å². The highest BCUT2D eigenvalue weighted by atomic mass is 16.5. The number of ether oxygens (including phenoxy) is 2. The lowest BCUT2D eigenvalue weighted by Gasteiger charge is -2.08. The topological polar surface area (TPSA) is 96.2 Å². The van der Waals surface area contributed by atoms with Crippen molar-refractivity contribution in [1.82, 2.24) is 0 Å². The van der Waals surface area contributed by atoms with Gasteiger partial charge in [0.15, 0.2) is 0 Å². The quantitative estimate of drug-likeness (QED) is 0.469. The van der Waals surface area contributed by atoms with Crippen LogP contribution in [0.3, 0.4) is 0 Å². The second-order valence-corrected chi connectivity index (χ2v) is 5.89. The van der Waals surface area contributed by atoms with Gasteiger partial charge < -0.3 is 24.8 Å². The first kappa shape index (κ1) is 20.8. The van der Waals surface area contributed by atoms with E-state index in [9.17, 15) is 4.79 Å². The maximum absolute atomic E-state index is 11.9. The Bertz CT molecular complexity index is 901. The van der Waals surface area contributed by atoms with E-state index >= 15 is 0 Å². The monoisotopic (exact) mass is 382 g/mol. The van der Waals surface area contributed by atoms with Crippen LogP contribution in [0.4, 0.5) is 0 Å². The first-order valence-electron chi connectivity index (χ1n) is 8.47. The van der Waals surface area contributed by atoms with Crippen LogP contribution < -0.4 is 9.47 Å².